The molecule has 2 aromatic rings. The normalized spacial score (nSPS) is 11.7. The van der Waals surface area contributed by atoms with E-state index in [4.69, 9.17) is 4.74 Å². The Morgan fingerprint density at radius 2 is 1.92 bits per heavy atom. The van der Waals surface area contributed by atoms with Crippen LogP contribution in [0.25, 0.3) is 0 Å². The first-order chi connectivity index (χ1) is 12.0. The maximum atomic E-state index is 12.4. The Labute approximate surface area is 154 Å². The molecule has 0 atom stereocenters. The lowest BCUT2D eigenvalue weighted by atomic mass is 10.2. The predicted octanol–water partition coefficient (Wildman–Crippen LogP) is 3.59. The minimum atomic E-state index is -3.45. The number of thioether (sulfide) groups is 1. The van der Waals surface area contributed by atoms with Gasteiger partial charge in [0, 0.05) is 25.0 Å². The summed E-state index contributed by atoms with van der Waals surface area (Å²) < 4.78 is 31.9. The summed E-state index contributed by atoms with van der Waals surface area (Å²) in [5.41, 5.74) is 1.16. The summed E-state index contributed by atoms with van der Waals surface area (Å²) in [4.78, 5) is 4.49. The van der Waals surface area contributed by atoms with Crippen molar-refractivity contribution in [3.05, 3.63) is 48.2 Å². The van der Waals surface area contributed by atoms with E-state index in [1.54, 1.807) is 12.1 Å². The van der Waals surface area contributed by atoms with E-state index in [1.807, 2.05) is 45.0 Å². The molecule has 5 nitrogen and oxygen atoms in total. The maximum absolute atomic E-state index is 12.4. The number of pyridine rings is 1. The van der Waals surface area contributed by atoms with Crippen LogP contribution in [-0.2, 0) is 10.0 Å². The molecule has 0 radical (unpaired) electrons. The summed E-state index contributed by atoms with van der Waals surface area (Å²) >= 11 is 1.54. The van der Waals surface area contributed by atoms with Crippen LogP contribution >= 0.6 is 11.8 Å². The second-order valence-electron chi connectivity index (χ2n) is 5.43. The Morgan fingerprint density at radius 3 is 2.52 bits per heavy atom. The van der Waals surface area contributed by atoms with Crippen LogP contribution in [0.4, 0.5) is 0 Å². The van der Waals surface area contributed by atoms with Crippen molar-refractivity contribution in [3.63, 3.8) is 0 Å². The zero-order valence-electron chi connectivity index (χ0n) is 14.8. The number of nitrogens with zero attached hydrogens (tertiary/aromatic N) is 2. The summed E-state index contributed by atoms with van der Waals surface area (Å²) in [6, 6.07) is 11.3. The highest BCUT2D eigenvalue weighted by Crippen LogP contribution is 2.20. The SMILES string of the molecule is CCN(CC)S(=O)(=O)c1ccc(SCCOc2cccc(C)c2)nc1. The molecule has 0 spiro atoms. The Morgan fingerprint density at radius 1 is 1.16 bits per heavy atom. The molecule has 1 aromatic heterocycles. The van der Waals surface area contributed by atoms with Gasteiger partial charge in [0.2, 0.25) is 10.0 Å². The summed E-state index contributed by atoms with van der Waals surface area (Å²) in [5, 5.41) is 0.784. The third kappa shape index (κ3) is 5.45. The second-order valence-corrected chi connectivity index (χ2v) is 8.49. The van der Waals surface area contributed by atoms with Gasteiger partial charge in [0.25, 0.3) is 0 Å². The number of ether oxygens (including phenoxy) is 1. The van der Waals surface area contributed by atoms with E-state index in [-0.39, 0.29) is 4.90 Å². The van der Waals surface area contributed by atoms with E-state index in [1.165, 1.54) is 22.3 Å². The van der Waals surface area contributed by atoms with Gasteiger partial charge in [0.15, 0.2) is 0 Å². The van der Waals surface area contributed by atoms with Gasteiger partial charge >= 0.3 is 0 Å². The van der Waals surface area contributed by atoms with Crippen molar-refractivity contribution in [2.24, 2.45) is 0 Å². The molecule has 0 unspecified atom stereocenters. The average Bonchev–Trinajstić information content (AvgIpc) is 2.60. The van der Waals surface area contributed by atoms with E-state index < -0.39 is 10.0 Å². The van der Waals surface area contributed by atoms with Gasteiger partial charge < -0.3 is 4.74 Å². The fourth-order valence-electron chi connectivity index (χ4n) is 2.33. The van der Waals surface area contributed by atoms with Crippen molar-refractivity contribution in [2.45, 2.75) is 30.7 Å². The molecule has 2 rings (SSSR count). The van der Waals surface area contributed by atoms with Crippen molar-refractivity contribution in [3.8, 4) is 5.75 Å². The van der Waals surface area contributed by atoms with Crippen LogP contribution in [0.3, 0.4) is 0 Å². The molecule has 0 bridgehead atoms. The zero-order chi connectivity index (χ0) is 18.3. The van der Waals surface area contributed by atoms with Gasteiger partial charge in [-0.05, 0) is 36.8 Å². The van der Waals surface area contributed by atoms with Gasteiger partial charge in [-0.2, -0.15) is 4.31 Å². The fraction of sp³-hybridized carbons (Fsp3) is 0.389. The van der Waals surface area contributed by atoms with Gasteiger partial charge in [0.1, 0.15) is 10.6 Å². The molecule has 7 heteroatoms. The molecule has 0 aliphatic heterocycles. The third-order valence-corrected chi connectivity index (χ3v) is 6.59. The topological polar surface area (TPSA) is 59.5 Å². The van der Waals surface area contributed by atoms with Gasteiger partial charge in [-0.3, -0.25) is 0 Å². The number of benzene rings is 1. The van der Waals surface area contributed by atoms with Crippen LogP contribution in [0.1, 0.15) is 19.4 Å². The number of aromatic nitrogens is 1. The minimum absolute atomic E-state index is 0.233. The van der Waals surface area contributed by atoms with Crippen molar-refractivity contribution in [1.29, 1.82) is 0 Å². The lowest BCUT2D eigenvalue weighted by Crippen LogP contribution is -2.30. The van der Waals surface area contributed by atoms with Gasteiger partial charge in [-0.1, -0.05) is 26.0 Å². The van der Waals surface area contributed by atoms with E-state index in [9.17, 15) is 8.42 Å². The Bertz CT molecular complexity index is 773. The molecule has 0 saturated carbocycles. The number of hydrogen-bond acceptors (Lipinski definition) is 5. The Kier molecular flexibility index (Phi) is 7.28. The molecular formula is C18H24N2O3S2. The monoisotopic (exact) mass is 380 g/mol. The van der Waals surface area contributed by atoms with Crippen LogP contribution in [0.15, 0.2) is 52.5 Å². The standard InChI is InChI=1S/C18H24N2O3S2/c1-4-20(5-2)25(21,22)17-9-10-18(19-14-17)24-12-11-23-16-8-6-7-15(3)13-16/h6-10,13-14H,4-5,11-12H2,1-3H3. The molecule has 0 saturated heterocycles. The van der Waals surface area contributed by atoms with Crippen LogP contribution in [0, 0.1) is 6.92 Å². The van der Waals surface area contributed by atoms with Crippen molar-refractivity contribution in [1.82, 2.24) is 9.29 Å². The first-order valence-corrected chi connectivity index (χ1v) is 10.7. The van der Waals surface area contributed by atoms with Crippen LogP contribution < -0.4 is 4.74 Å². The van der Waals surface area contributed by atoms with Gasteiger partial charge in [-0.25, -0.2) is 13.4 Å². The molecule has 1 aromatic carbocycles. The maximum Gasteiger partial charge on any atom is 0.244 e. The molecule has 0 fully saturated rings. The highest BCUT2D eigenvalue weighted by molar-refractivity contribution is 7.99. The van der Waals surface area contributed by atoms with Gasteiger partial charge in [-0.15, -0.1) is 11.8 Å². The Hall–Kier alpha value is -1.57. The van der Waals surface area contributed by atoms with Crippen LogP contribution in [0.2, 0.25) is 0 Å². The number of aryl methyl sites for hydroxylation is 1. The highest BCUT2D eigenvalue weighted by atomic mass is 32.2. The minimum Gasteiger partial charge on any atom is -0.493 e. The third-order valence-electron chi connectivity index (χ3n) is 3.64. The fourth-order valence-corrected chi connectivity index (χ4v) is 4.40. The van der Waals surface area contributed by atoms with Crippen molar-refractivity contribution >= 4 is 21.8 Å². The molecular weight excluding hydrogens is 356 g/mol. The lowest BCUT2D eigenvalue weighted by Gasteiger charge is -2.18. The van der Waals surface area contributed by atoms with E-state index in [0.29, 0.717) is 19.7 Å². The molecule has 0 N–H and O–H groups in total. The quantitative estimate of drug-likeness (QED) is 0.491. The van der Waals surface area contributed by atoms with Crippen molar-refractivity contribution in [2.75, 3.05) is 25.4 Å². The number of sulfonamides is 1. The van der Waals surface area contributed by atoms with Crippen LogP contribution in [-0.4, -0.2) is 43.2 Å². The highest BCUT2D eigenvalue weighted by Gasteiger charge is 2.21. The zero-order valence-corrected chi connectivity index (χ0v) is 16.4. The Balaban J connectivity index is 1.88. The average molecular weight is 381 g/mol. The smallest absolute Gasteiger partial charge is 0.244 e. The number of hydrogen-bond donors (Lipinski definition) is 0. The first-order valence-electron chi connectivity index (χ1n) is 8.25. The van der Waals surface area contributed by atoms with Gasteiger partial charge in [0.05, 0.1) is 11.6 Å². The van der Waals surface area contributed by atoms with E-state index in [0.717, 1.165) is 22.1 Å². The largest absolute Gasteiger partial charge is 0.493 e. The molecule has 0 amide bonds. The second kappa shape index (κ2) is 9.22. The summed E-state index contributed by atoms with van der Waals surface area (Å²) in [5.74, 6) is 1.59. The molecule has 0 aliphatic rings. The number of rotatable bonds is 9. The molecule has 136 valence electrons. The van der Waals surface area contributed by atoms with Crippen LogP contribution in [0.5, 0.6) is 5.75 Å². The molecule has 1 heterocycles. The predicted molar refractivity (Wildman–Crippen MR) is 102 cm³/mol. The molecule has 0 aliphatic carbocycles. The van der Waals surface area contributed by atoms with Crippen molar-refractivity contribution < 1.29 is 13.2 Å². The molecule has 25 heavy (non-hydrogen) atoms. The summed E-state index contributed by atoms with van der Waals surface area (Å²) in [6.07, 6.45) is 1.43. The van der Waals surface area contributed by atoms with E-state index in [2.05, 4.69) is 4.98 Å². The summed E-state index contributed by atoms with van der Waals surface area (Å²) in [6.45, 7) is 7.14. The lowest BCUT2D eigenvalue weighted by molar-refractivity contribution is 0.343. The first kappa shape index (κ1) is 19.8. The summed E-state index contributed by atoms with van der Waals surface area (Å²) in [7, 11) is -3.45. The van der Waals surface area contributed by atoms with E-state index >= 15 is 0 Å².